The summed E-state index contributed by atoms with van der Waals surface area (Å²) in [4.78, 5) is 5.42. The summed E-state index contributed by atoms with van der Waals surface area (Å²) in [5.41, 5.74) is 0. The van der Waals surface area contributed by atoms with E-state index < -0.39 is 0 Å². The van der Waals surface area contributed by atoms with Gasteiger partial charge in [0.15, 0.2) is 0 Å². The minimum Gasteiger partial charge on any atom is -0.314 e. The SMILES string of the molecule is CCNC1CC2CCCC(C1)N2CC1CCN(C)CC1. The molecule has 1 N–H and O–H groups in total. The second kappa shape index (κ2) is 6.76. The highest BCUT2D eigenvalue weighted by atomic mass is 15.2. The van der Waals surface area contributed by atoms with Crippen LogP contribution in [0.2, 0.25) is 0 Å². The van der Waals surface area contributed by atoms with E-state index in [4.69, 9.17) is 0 Å². The van der Waals surface area contributed by atoms with Crippen molar-refractivity contribution in [1.82, 2.24) is 15.1 Å². The summed E-state index contributed by atoms with van der Waals surface area (Å²) in [6.45, 7) is 7.41. The molecule has 2 unspecified atom stereocenters. The zero-order chi connectivity index (χ0) is 13.9. The number of piperidine rings is 3. The molecule has 3 saturated heterocycles. The molecule has 3 heterocycles. The molecule has 3 rings (SSSR count). The minimum atomic E-state index is 0.795. The molecule has 0 aromatic carbocycles. The first-order valence-corrected chi connectivity index (χ1v) is 8.94. The summed E-state index contributed by atoms with van der Waals surface area (Å²) >= 11 is 0. The van der Waals surface area contributed by atoms with Crippen molar-refractivity contribution in [1.29, 1.82) is 0 Å². The molecule has 20 heavy (non-hydrogen) atoms. The fraction of sp³-hybridized carbons (Fsp3) is 1.00. The first-order valence-electron chi connectivity index (χ1n) is 8.94. The van der Waals surface area contributed by atoms with Crippen LogP contribution in [0.15, 0.2) is 0 Å². The smallest absolute Gasteiger partial charge is 0.0113 e. The minimum absolute atomic E-state index is 0.795. The van der Waals surface area contributed by atoms with E-state index in [1.54, 1.807) is 0 Å². The van der Waals surface area contributed by atoms with E-state index in [9.17, 15) is 0 Å². The van der Waals surface area contributed by atoms with Crippen LogP contribution in [0.1, 0.15) is 51.9 Å². The monoisotopic (exact) mass is 279 g/mol. The Hall–Kier alpha value is -0.120. The Morgan fingerprint density at radius 2 is 1.65 bits per heavy atom. The van der Waals surface area contributed by atoms with E-state index in [0.29, 0.717) is 0 Å². The molecule has 116 valence electrons. The van der Waals surface area contributed by atoms with Crippen LogP contribution in [0.4, 0.5) is 0 Å². The second-order valence-electron chi connectivity index (χ2n) is 7.41. The maximum absolute atomic E-state index is 3.71. The van der Waals surface area contributed by atoms with E-state index >= 15 is 0 Å². The van der Waals surface area contributed by atoms with Crippen LogP contribution in [0.25, 0.3) is 0 Å². The third-order valence-corrected chi connectivity index (χ3v) is 5.93. The molecular weight excluding hydrogens is 246 g/mol. The zero-order valence-electron chi connectivity index (χ0n) is 13.5. The highest BCUT2D eigenvalue weighted by molar-refractivity contribution is 4.95. The average Bonchev–Trinajstić information content (AvgIpc) is 2.42. The Morgan fingerprint density at radius 3 is 2.25 bits per heavy atom. The molecule has 3 aliphatic rings. The number of fused-ring (bicyclic) bond motifs is 2. The van der Waals surface area contributed by atoms with Gasteiger partial charge in [0.2, 0.25) is 0 Å². The molecule has 2 bridgehead atoms. The maximum Gasteiger partial charge on any atom is 0.0113 e. The molecule has 3 nitrogen and oxygen atoms in total. The lowest BCUT2D eigenvalue weighted by Gasteiger charge is -2.50. The Bertz CT molecular complexity index is 285. The lowest BCUT2D eigenvalue weighted by atomic mass is 9.80. The lowest BCUT2D eigenvalue weighted by molar-refractivity contribution is 0.00502. The van der Waals surface area contributed by atoms with Gasteiger partial charge in [0.1, 0.15) is 0 Å². The Kier molecular flexibility index (Phi) is 5.00. The van der Waals surface area contributed by atoms with Gasteiger partial charge in [-0.3, -0.25) is 4.90 Å². The van der Waals surface area contributed by atoms with Gasteiger partial charge in [-0.1, -0.05) is 13.3 Å². The number of nitrogens with one attached hydrogen (secondary N) is 1. The van der Waals surface area contributed by atoms with Crippen LogP contribution in [0.3, 0.4) is 0 Å². The summed E-state index contributed by atoms with van der Waals surface area (Å²) in [7, 11) is 2.27. The van der Waals surface area contributed by atoms with Gasteiger partial charge >= 0.3 is 0 Å². The largest absolute Gasteiger partial charge is 0.314 e. The van der Waals surface area contributed by atoms with Crippen LogP contribution >= 0.6 is 0 Å². The molecule has 2 atom stereocenters. The van der Waals surface area contributed by atoms with Gasteiger partial charge in [-0.05, 0) is 71.1 Å². The fourth-order valence-electron chi connectivity index (χ4n) is 4.77. The Morgan fingerprint density at radius 1 is 1.00 bits per heavy atom. The van der Waals surface area contributed by atoms with Crippen LogP contribution < -0.4 is 5.32 Å². The van der Waals surface area contributed by atoms with Crippen LogP contribution in [0, 0.1) is 5.92 Å². The molecule has 0 radical (unpaired) electrons. The molecule has 3 fully saturated rings. The van der Waals surface area contributed by atoms with E-state index in [1.807, 2.05) is 0 Å². The zero-order valence-corrected chi connectivity index (χ0v) is 13.5. The van der Waals surface area contributed by atoms with Crippen molar-refractivity contribution in [2.24, 2.45) is 5.92 Å². The van der Waals surface area contributed by atoms with Gasteiger partial charge in [-0.25, -0.2) is 0 Å². The van der Waals surface area contributed by atoms with Crippen molar-refractivity contribution in [3.63, 3.8) is 0 Å². The van der Waals surface area contributed by atoms with E-state index in [2.05, 4.69) is 29.1 Å². The third kappa shape index (κ3) is 3.37. The van der Waals surface area contributed by atoms with Gasteiger partial charge in [0, 0.05) is 24.7 Å². The molecule has 0 aromatic heterocycles. The standard InChI is InChI=1S/C17H33N3/c1-3-18-15-11-16-5-4-6-17(12-15)20(16)13-14-7-9-19(2)10-8-14/h14-18H,3-13H2,1-2H3. The van der Waals surface area contributed by atoms with Gasteiger partial charge in [-0.15, -0.1) is 0 Å². The molecule has 0 spiro atoms. The molecule has 0 aliphatic carbocycles. The van der Waals surface area contributed by atoms with Crippen LogP contribution in [-0.4, -0.2) is 61.2 Å². The second-order valence-corrected chi connectivity index (χ2v) is 7.41. The summed E-state index contributed by atoms with van der Waals surface area (Å²) in [5, 5.41) is 3.71. The number of nitrogens with zero attached hydrogens (tertiary/aromatic N) is 2. The van der Waals surface area contributed by atoms with Crippen molar-refractivity contribution in [2.75, 3.05) is 33.2 Å². The summed E-state index contributed by atoms with van der Waals surface area (Å²) in [5.74, 6) is 0.963. The van der Waals surface area contributed by atoms with E-state index in [1.165, 1.54) is 64.6 Å². The van der Waals surface area contributed by atoms with Crippen molar-refractivity contribution >= 4 is 0 Å². The maximum atomic E-state index is 3.71. The van der Waals surface area contributed by atoms with E-state index in [0.717, 1.165) is 30.6 Å². The third-order valence-electron chi connectivity index (χ3n) is 5.93. The van der Waals surface area contributed by atoms with Gasteiger partial charge in [0.05, 0.1) is 0 Å². The molecule has 3 heteroatoms. The highest BCUT2D eigenvalue weighted by Crippen LogP contribution is 2.35. The Balaban J connectivity index is 1.56. The predicted octanol–water partition coefficient (Wildman–Crippen LogP) is 2.32. The topological polar surface area (TPSA) is 18.5 Å². The first-order chi connectivity index (χ1) is 9.76. The number of likely N-dealkylation sites (tertiary alicyclic amines) is 1. The molecule has 0 aromatic rings. The van der Waals surface area contributed by atoms with Gasteiger partial charge < -0.3 is 10.2 Å². The molecular formula is C17H33N3. The summed E-state index contributed by atoms with van der Waals surface area (Å²) in [6, 6.07) is 2.56. The number of hydrogen-bond acceptors (Lipinski definition) is 3. The van der Waals surface area contributed by atoms with Crippen molar-refractivity contribution < 1.29 is 0 Å². The summed E-state index contributed by atoms with van der Waals surface area (Å²) in [6.07, 6.45) is 10.0. The van der Waals surface area contributed by atoms with Crippen molar-refractivity contribution in [3.8, 4) is 0 Å². The van der Waals surface area contributed by atoms with Gasteiger partial charge in [0.25, 0.3) is 0 Å². The van der Waals surface area contributed by atoms with Crippen molar-refractivity contribution in [3.05, 3.63) is 0 Å². The molecule has 0 amide bonds. The number of rotatable bonds is 4. The highest BCUT2D eigenvalue weighted by Gasteiger charge is 2.38. The average molecular weight is 279 g/mol. The quantitative estimate of drug-likeness (QED) is 0.852. The van der Waals surface area contributed by atoms with Crippen molar-refractivity contribution in [2.45, 2.75) is 70.0 Å². The normalized spacial score (nSPS) is 37.2. The first kappa shape index (κ1) is 14.8. The Labute approximate surface area is 125 Å². The summed E-state index contributed by atoms with van der Waals surface area (Å²) < 4.78 is 0. The van der Waals surface area contributed by atoms with Gasteiger partial charge in [-0.2, -0.15) is 0 Å². The fourth-order valence-corrected chi connectivity index (χ4v) is 4.77. The predicted molar refractivity (Wildman–Crippen MR) is 85.1 cm³/mol. The number of hydrogen-bond donors (Lipinski definition) is 1. The van der Waals surface area contributed by atoms with Crippen LogP contribution in [-0.2, 0) is 0 Å². The lowest BCUT2D eigenvalue weighted by Crippen LogP contribution is -2.57. The molecule has 0 saturated carbocycles. The van der Waals surface area contributed by atoms with E-state index in [-0.39, 0.29) is 0 Å². The molecule has 3 aliphatic heterocycles. The van der Waals surface area contributed by atoms with Crippen LogP contribution in [0.5, 0.6) is 0 Å².